The van der Waals surface area contributed by atoms with Crippen molar-refractivity contribution in [1.29, 1.82) is 0 Å². The van der Waals surface area contributed by atoms with E-state index in [9.17, 15) is 13.2 Å². The lowest BCUT2D eigenvalue weighted by Crippen LogP contribution is -2.34. The summed E-state index contributed by atoms with van der Waals surface area (Å²) >= 11 is 0. The summed E-state index contributed by atoms with van der Waals surface area (Å²) in [6.45, 7) is 3.84. The van der Waals surface area contributed by atoms with Gasteiger partial charge in [-0.25, -0.2) is 8.42 Å². The van der Waals surface area contributed by atoms with Crippen molar-refractivity contribution in [1.82, 2.24) is 4.90 Å². The number of nitrogens with two attached hydrogens (primary N) is 1. The van der Waals surface area contributed by atoms with Crippen molar-refractivity contribution in [2.75, 3.05) is 29.7 Å². The molecule has 2 heterocycles. The van der Waals surface area contributed by atoms with E-state index in [-0.39, 0.29) is 17.7 Å². The van der Waals surface area contributed by atoms with Crippen LogP contribution in [0.2, 0.25) is 0 Å². The number of likely N-dealkylation sites (tertiary alicyclic amines) is 1. The van der Waals surface area contributed by atoms with E-state index in [1.54, 1.807) is 24.3 Å². The van der Waals surface area contributed by atoms with E-state index in [2.05, 4.69) is 0 Å². The molecule has 126 valence electrons. The highest BCUT2D eigenvalue weighted by Gasteiger charge is 2.32. The molecule has 1 amide bonds. The monoisotopic (exact) mass is 337 g/mol. The van der Waals surface area contributed by atoms with Gasteiger partial charge in [-0.05, 0) is 56.5 Å². The minimum absolute atomic E-state index is 0.00993. The molecule has 2 saturated heterocycles. The maximum absolute atomic E-state index is 12.6. The summed E-state index contributed by atoms with van der Waals surface area (Å²) in [5, 5.41) is 0. The van der Waals surface area contributed by atoms with Gasteiger partial charge >= 0.3 is 0 Å². The zero-order valence-corrected chi connectivity index (χ0v) is 14.1. The van der Waals surface area contributed by atoms with Crippen molar-refractivity contribution in [3.8, 4) is 0 Å². The number of hydrogen-bond acceptors (Lipinski definition) is 4. The number of carbonyl (C=O) groups excluding carboxylic acids is 1. The minimum Gasteiger partial charge on any atom is -0.336 e. The van der Waals surface area contributed by atoms with Gasteiger partial charge in [-0.15, -0.1) is 0 Å². The number of nitrogens with zero attached hydrogens (tertiary/aromatic N) is 2. The number of carbonyl (C=O) groups is 1. The van der Waals surface area contributed by atoms with Gasteiger partial charge in [0.1, 0.15) is 0 Å². The SMILES string of the molecule is CC1CC(CN)CN1C(=O)c1ccc(N2CCCS2(=O)=O)cc1. The molecule has 23 heavy (non-hydrogen) atoms. The first-order valence-corrected chi connectivity index (χ1v) is 9.65. The highest BCUT2D eigenvalue weighted by Crippen LogP contribution is 2.27. The zero-order chi connectivity index (χ0) is 16.6. The van der Waals surface area contributed by atoms with E-state index in [1.165, 1.54) is 4.31 Å². The second-order valence-corrected chi connectivity index (χ2v) is 8.45. The van der Waals surface area contributed by atoms with Gasteiger partial charge in [0, 0.05) is 24.7 Å². The van der Waals surface area contributed by atoms with E-state index < -0.39 is 10.0 Å². The molecule has 3 rings (SSSR count). The van der Waals surface area contributed by atoms with E-state index in [4.69, 9.17) is 5.73 Å². The topological polar surface area (TPSA) is 83.7 Å². The zero-order valence-electron chi connectivity index (χ0n) is 13.3. The Morgan fingerprint density at radius 2 is 2.00 bits per heavy atom. The fourth-order valence-electron chi connectivity index (χ4n) is 3.46. The quantitative estimate of drug-likeness (QED) is 0.893. The number of anilines is 1. The Hall–Kier alpha value is -1.60. The fraction of sp³-hybridized carbons (Fsp3) is 0.562. The largest absolute Gasteiger partial charge is 0.336 e. The Kier molecular flexibility index (Phi) is 4.33. The highest BCUT2D eigenvalue weighted by molar-refractivity contribution is 7.93. The Balaban J connectivity index is 1.76. The molecular formula is C16H23N3O3S. The van der Waals surface area contributed by atoms with Crippen LogP contribution < -0.4 is 10.0 Å². The predicted octanol–water partition coefficient (Wildman–Crippen LogP) is 1.04. The maximum atomic E-state index is 12.6. The van der Waals surface area contributed by atoms with Crippen molar-refractivity contribution in [3.05, 3.63) is 29.8 Å². The lowest BCUT2D eigenvalue weighted by Gasteiger charge is -2.22. The molecule has 2 aliphatic rings. The summed E-state index contributed by atoms with van der Waals surface area (Å²) in [4.78, 5) is 14.5. The van der Waals surface area contributed by atoms with Crippen LogP contribution in [-0.2, 0) is 10.0 Å². The van der Waals surface area contributed by atoms with Crippen LogP contribution in [0.4, 0.5) is 5.69 Å². The molecule has 0 spiro atoms. The fourth-order valence-corrected chi connectivity index (χ4v) is 5.03. The maximum Gasteiger partial charge on any atom is 0.254 e. The van der Waals surface area contributed by atoms with Gasteiger partial charge in [0.25, 0.3) is 5.91 Å². The molecule has 1 aromatic rings. The summed E-state index contributed by atoms with van der Waals surface area (Å²) in [6.07, 6.45) is 1.58. The molecule has 0 aromatic heterocycles. The third-order valence-corrected chi connectivity index (χ3v) is 6.63. The smallest absolute Gasteiger partial charge is 0.254 e. The van der Waals surface area contributed by atoms with Gasteiger partial charge in [-0.3, -0.25) is 9.10 Å². The summed E-state index contributed by atoms with van der Waals surface area (Å²) < 4.78 is 25.3. The summed E-state index contributed by atoms with van der Waals surface area (Å²) in [7, 11) is -3.18. The van der Waals surface area contributed by atoms with Crippen LogP contribution in [0.1, 0.15) is 30.1 Å². The van der Waals surface area contributed by atoms with Gasteiger partial charge in [-0.2, -0.15) is 0 Å². The Bertz CT molecular complexity index is 687. The van der Waals surface area contributed by atoms with Crippen molar-refractivity contribution >= 4 is 21.6 Å². The van der Waals surface area contributed by atoms with E-state index in [1.807, 2.05) is 11.8 Å². The number of hydrogen-bond donors (Lipinski definition) is 1. The molecule has 2 aliphatic heterocycles. The van der Waals surface area contributed by atoms with Crippen molar-refractivity contribution in [2.45, 2.75) is 25.8 Å². The average molecular weight is 337 g/mol. The third-order valence-electron chi connectivity index (χ3n) is 4.76. The molecule has 7 heteroatoms. The summed E-state index contributed by atoms with van der Waals surface area (Å²) in [5.74, 6) is 0.548. The van der Waals surface area contributed by atoms with Gasteiger partial charge in [0.05, 0.1) is 11.4 Å². The molecule has 2 unspecified atom stereocenters. The normalized spacial score (nSPS) is 26.7. The number of rotatable bonds is 3. The standard InChI is InChI=1S/C16H23N3O3S/c1-12-9-13(10-17)11-18(12)16(20)14-3-5-15(6-4-14)19-7-2-8-23(19,21)22/h3-6,12-13H,2,7-11,17H2,1H3. The number of sulfonamides is 1. The molecule has 0 saturated carbocycles. The molecule has 6 nitrogen and oxygen atoms in total. The molecular weight excluding hydrogens is 314 g/mol. The first-order chi connectivity index (χ1) is 10.9. The molecule has 2 fully saturated rings. The molecule has 0 bridgehead atoms. The summed E-state index contributed by atoms with van der Waals surface area (Å²) in [6, 6.07) is 7.06. The van der Waals surface area contributed by atoms with Crippen LogP contribution in [-0.4, -0.2) is 50.7 Å². The molecule has 0 radical (unpaired) electrons. The van der Waals surface area contributed by atoms with Crippen LogP contribution in [0.15, 0.2) is 24.3 Å². The third kappa shape index (κ3) is 3.07. The van der Waals surface area contributed by atoms with Gasteiger partial charge in [0.2, 0.25) is 10.0 Å². The average Bonchev–Trinajstić information content (AvgIpc) is 3.08. The molecule has 2 atom stereocenters. The van der Waals surface area contributed by atoms with E-state index in [0.29, 0.717) is 43.2 Å². The second kappa shape index (κ2) is 6.13. The van der Waals surface area contributed by atoms with Gasteiger partial charge < -0.3 is 10.6 Å². The van der Waals surface area contributed by atoms with Crippen LogP contribution >= 0.6 is 0 Å². The Labute approximate surface area is 137 Å². The lowest BCUT2D eigenvalue weighted by molar-refractivity contribution is 0.0743. The van der Waals surface area contributed by atoms with E-state index in [0.717, 1.165) is 6.42 Å². The van der Waals surface area contributed by atoms with Gasteiger partial charge in [0.15, 0.2) is 0 Å². The van der Waals surface area contributed by atoms with Gasteiger partial charge in [-0.1, -0.05) is 0 Å². The molecule has 0 aliphatic carbocycles. The summed E-state index contributed by atoms with van der Waals surface area (Å²) in [5.41, 5.74) is 6.94. The van der Waals surface area contributed by atoms with Crippen molar-refractivity contribution in [3.63, 3.8) is 0 Å². The van der Waals surface area contributed by atoms with Crippen LogP contribution in [0, 0.1) is 5.92 Å². The van der Waals surface area contributed by atoms with E-state index >= 15 is 0 Å². The number of benzene rings is 1. The Morgan fingerprint density at radius 3 is 2.52 bits per heavy atom. The van der Waals surface area contributed by atoms with Crippen LogP contribution in [0.25, 0.3) is 0 Å². The highest BCUT2D eigenvalue weighted by atomic mass is 32.2. The first-order valence-electron chi connectivity index (χ1n) is 8.04. The first kappa shape index (κ1) is 16.3. The van der Waals surface area contributed by atoms with Crippen molar-refractivity contribution in [2.24, 2.45) is 11.7 Å². The number of amides is 1. The second-order valence-electron chi connectivity index (χ2n) is 6.43. The molecule has 1 aromatic carbocycles. The minimum atomic E-state index is -3.18. The van der Waals surface area contributed by atoms with Crippen LogP contribution in [0.5, 0.6) is 0 Å². The lowest BCUT2D eigenvalue weighted by atomic mass is 10.1. The Morgan fingerprint density at radius 1 is 1.30 bits per heavy atom. The van der Waals surface area contributed by atoms with Crippen LogP contribution in [0.3, 0.4) is 0 Å². The predicted molar refractivity (Wildman–Crippen MR) is 89.9 cm³/mol. The molecule has 2 N–H and O–H groups in total. The van der Waals surface area contributed by atoms with Crippen molar-refractivity contribution < 1.29 is 13.2 Å².